The van der Waals surface area contributed by atoms with Gasteiger partial charge in [0.15, 0.2) is 5.75 Å². The van der Waals surface area contributed by atoms with Crippen LogP contribution >= 0.6 is 23.2 Å². The number of carbonyl (C=O) groups excluding carboxylic acids is 1. The number of esters is 1. The molecule has 3 aromatic rings. The number of nitrogens with zero attached hydrogens (tertiary/aromatic N) is 3. The van der Waals surface area contributed by atoms with Gasteiger partial charge in [-0.1, -0.05) is 40.5 Å². The standard InChI is InChI=1S/C16H11Cl2N3O3/c17-10-4-3-5-11(18)15(10)23-14(22)8-7-13-20-16(21-24-13)12-6-1-2-9-19-12/h1-6,9H,7-8H2. The Balaban J connectivity index is 1.60. The topological polar surface area (TPSA) is 78.1 Å². The van der Waals surface area contributed by atoms with E-state index in [2.05, 4.69) is 15.1 Å². The maximum absolute atomic E-state index is 11.9. The summed E-state index contributed by atoms with van der Waals surface area (Å²) in [5.74, 6) is 0.332. The van der Waals surface area contributed by atoms with E-state index in [1.165, 1.54) is 0 Å². The van der Waals surface area contributed by atoms with Crippen LogP contribution in [0.2, 0.25) is 10.0 Å². The first-order chi connectivity index (χ1) is 11.6. The van der Waals surface area contributed by atoms with Crippen molar-refractivity contribution >= 4 is 29.2 Å². The number of halogens is 2. The van der Waals surface area contributed by atoms with Crippen molar-refractivity contribution in [3.63, 3.8) is 0 Å². The molecule has 0 saturated heterocycles. The predicted molar refractivity (Wildman–Crippen MR) is 87.9 cm³/mol. The van der Waals surface area contributed by atoms with E-state index in [0.717, 1.165) is 0 Å². The number of aromatic nitrogens is 3. The molecule has 6 nitrogen and oxygen atoms in total. The Bertz CT molecular complexity index is 833. The van der Waals surface area contributed by atoms with E-state index in [-0.39, 0.29) is 28.6 Å². The number of hydrogen-bond donors (Lipinski definition) is 0. The highest BCUT2D eigenvalue weighted by Crippen LogP contribution is 2.32. The molecule has 0 amide bonds. The average molecular weight is 364 g/mol. The smallest absolute Gasteiger partial charge is 0.311 e. The molecule has 2 aromatic heterocycles. The number of hydrogen-bond acceptors (Lipinski definition) is 6. The Hall–Kier alpha value is -2.44. The van der Waals surface area contributed by atoms with Gasteiger partial charge in [0.2, 0.25) is 11.7 Å². The van der Waals surface area contributed by atoms with E-state index in [1.54, 1.807) is 36.5 Å². The molecule has 122 valence electrons. The SMILES string of the molecule is O=C(CCc1nc(-c2ccccn2)no1)Oc1c(Cl)cccc1Cl. The van der Waals surface area contributed by atoms with Gasteiger partial charge in [0.1, 0.15) is 5.69 Å². The molecule has 24 heavy (non-hydrogen) atoms. The minimum Gasteiger partial charge on any atom is -0.423 e. The molecular weight excluding hydrogens is 353 g/mol. The van der Waals surface area contributed by atoms with Crippen LogP contribution in [0.4, 0.5) is 0 Å². The van der Waals surface area contributed by atoms with Gasteiger partial charge in [-0.2, -0.15) is 4.98 Å². The second-order valence-corrected chi connectivity index (χ2v) is 5.57. The first-order valence-corrected chi connectivity index (χ1v) is 7.78. The van der Waals surface area contributed by atoms with Crippen LogP contribution in [-0.2, 0) is 11.2 Å². The largest absolute Gasteiger partial charge is 0.423 e. The third-order valence-corrected chi connectivity index (χ3v) is 3.64. The summed E-state index contributed by atoms with van der Waals surface area (Å²) in [4.78, 5) is 20.2. The van der Waals surface area contributed by atoms with Crippen LogP contribution in [0, 0.1) is 0 Å². The van der Waals surface area contributed by atoms with Gasteiger partial charge in [-0.15, -0.1) is 0 Å². The third-order valence-electron chi connectivity index (χ3n) is 3.04. The average Bonchev–Trinajstić information content (AvgIpc) is 3.06. The molecule has 0 fully saturated rings. The van der Waals surface area contributed by atoms with Gasteiger partial charge in [-0.25, -0.2) is 0 Å². The van der Waals surface area contributed by atoms with Crippen molar-refractivity contribution < 1.29 is 14.1 Å². The van der Waals surface area contributed by atoms with E-state index in [0.29, 0.717) is 17.4 Å². The summed E-state index contributed by atoms with van der Waals surface area (Å²) >= 11 is 11.9. The zero-order valence-electron chi connectivity index (χ0n) is 12.3. The van der Waals surface area contributed by atoms with Gasteiger partial charge in [0.05, 0.1) is 16.5 Å². The van der Waals surface area contributed by atoms with Crippen LogP contribution in [0.3, 0.4) is 0 Å². The molecule has 3 rings (SSSR count). The number of carbonyl (C=O) groups is 1. The van der Waals surface area contributed by atoms with Crippen LogP contribution in [-0.4, -0.2) is 21.1 Å². The highest BCUT2D eigenvalue weighted by atomic mass is 35.5. The number of para-hydroxylation sites is 1. The van der Waals surface area contributed by atoms with E-state index in [1.807, 2.05) is 6.07 Å². The quantitative estimate of drug-likeness (QED) is 0.503. The molecule has 0 radical (unpaired) electrons. The Morgan fingerprint density at radius 3 is 2.62 bits per heavy atom. The monoisotopic (exact) mass is 363 g/mol. The number of benzene rings is 1. The lowest BCUT2D eigenvalue weighted by Crippen LogP contribution is -2.09. The van der Waals surface area contributed by atoms with Gasteiger partial charge in [-0.05, 0) is 24.3 Å². The van der Waals surface area contributed by atoms with Crippen molar-refractivity contribution in [3.8, 4) is 17.3 Å². The Kier molecular flexibility index (Phi) is 5.08. The number of aryl methyl sites for hydroxylation is 1. The van der Waals surface area contributed by atoms with Crippen molar-refractivity contribution in [2.75, 3.05) is 0 Å². The highest BCUT2D eigenvalue weighted by Gasteiger charge is 2.15. The lowest BCUT2D eigenvalue weighted by Gasteiger charge is -2.06. The van der Waals surface area contributed by atoms with Crippen molar-refractivity contribution in [2.45, 2.75) is 12.8 Å². The molecule has 1 aromatic carbocycles. The lowest BCUT2D eigenvalue weighted by atomic mass is 10.3. The van der Waals surface area contributed by atoms with Gasteiger partial charge in [0.25, 0.3) is 0 Å². The fraction of sp³-hybridized carbons (Fsp3) is 0.125. The number of ether oxygens (including phenoxy) is 1. The Morgan fingerprint density at radius 2 is 1.92 bits per heavy atom. The maximum Gasteiger partial charge on any atom is 0.311 e. The van der Waals surface area contributed by atoms with Crippen LogP contribution in [0.1, 0.15) is 12.3 Å². The molecule has 0 bridgehead atoms. The van der Waals surface area contributed by atoms with Crippen LogP contribution in [0.25, 0.3) is 11.5 Å². The first kappa shape index (κ1) is 16.4. The molecule has 0 unspecified atom stereocenters. The summed E-state index contributed by atoms with van der Waals surface area (Å²) in [5.41, 5.74) is 0.595. The molecule has 0 N–H and O–H groups in total. The Morgan fingerprint density at radius 1 is 1.12 bits per heavy atom. The zero-order chi connectivity index (χ0) is 16.9. The fourth-order valence-corrected chi connectivity index (χ4v) is 2.38. The summed E-state index contributed by atoms with van der Waals surface area (Å²) < 4.78 is 10.3. The fourth-order valence-electron chi connectivity index (χ4n) is 1.91. The summed E-state index contributed by atoms with van der Waals surface area (Å²) in [6.45, 7) is 0. The molecule has 0 aliphatic rings. The second-order valence-electron chi connectivity index (χ2n) is 4.75. The summed E-state index contributed by atoms with van der Waals surface area (Å²) in [5, 5.41) is 4.37. The van der Waals surface area contributed by atoms with Crippen molar-refractivity contribution in [3.05, 3.63) is 58.5 Å². The minimum atomic E-state index is -0.498. The van der Waals surface area contributed by atoms with Crippen molar-refractivity contribution in [1.82, 2.24) is 15.1 Å². The van der Waals surface area contributed by atoms with E-state index < -0.39 is 5.97 Å². The van der Waals surface area contributed by atoms with Gasteiger partial charge < -0.3 is 9.26 Å². The molecule has 0 saturated carbocycles. The van der Waals surface area contributed by atoms with Gasteiger partial charge in [-0.3, -0.25) is 9.78 Å². The molecular formula is C16H11Cl2N3O3. The van der Waals surface area contributed by atoms with Crippen molar-refractivity contribution in [1.29, 1.82) is 0 Å². The van der Waals surface area contributed by atoms with E-state index >= 15 is 0 Å². The predicted octanol–water partition coefficient (Wildman–Crippen LogP) is 3.98. The molecule has 0 atom stereocenters. The van der Waals surface area contributed by atoms with E-state index in [4.69, 9.17) is 32.5 Å². The summed E-state index contributed by atoms with van der Waals surface area (Å²) in [6, 6.07) is 10.2. The first-order valence-electron chi connectivity index (χ1n) is 7.02. The molecule has 0 spiro atoms. The van der Waals surface area contributed by atoms with Crippen LogP contribution in [0.5, 0.6) is 5.75 Å². The molecule has 2 heterocycles. The third kappa shape index (κ3) is 3.90. The van der Waals surface area contributed by atoms with Gasteiger partial charge >= 0.3 is 5.97 Å². The molecule has 0 aliphatic heterocycles. The number of pyridine rings is 1. The second kappa shape index (κ2) is 7.42. The maximum atomic E-state index is 11.9. The zero-order valence-corrected chi connectivity index (χ0v) is 13.8. The highest BCUT2D eigenvalue weighted by molar-refractivity contribution is 6.37. The van der Waals surface area contributed by atoms with Crippen LogP contribution < -0.4 is 4.74 Å². The Labute approximate surface area is 147 Å². The summed E-state index contributed by atoms with van der Waals surface area (Å²) in [6.07, 6.45) is 1.92. The molecule has 0 aliphatic carbocycles. The normalized spacial score (nSPS) is 10.6. The minimum absolute atomic E-state index is 0.0470. The van der Waals surface area contributed by atoms with Crippen molar-refractivity contribution in [2.24, 2.45) is 0 Å². The van der Waals surface area contributed by atoms with E-state index in [9.17, 15) is 4.79 Å². The van der Waals surface area contributed by atoms with Gasteiger partial charge in [0, 0.05) is 12.6 Å². The van der Waals surface area contributed by atoms with Crippen LogP contribution in [0.15, 0.2) is 47.1 Å². The lowest BCUT2D eigenvalue weighted by molar-refractivity contribution is -0.134. The summed E-state index contributed by atoms with van der Waals surface area (Å²) in [7, 11) is 0. The molecule has 8 heteroatoms. The number of rotatable bonds is 5.